The third kappa shape index (κ3) is 3.61. The highest BCUT2D eigenvalue weighted by Gasteiger charge is 2.30. The van der Waals surface area contributed by atoms with Crippen LogP contribution in [0.4, 0.5) is 0 Å². The van der Waals surface area contributed by atoms with Gasteiger partial charge in [0.2, 0.25) is 5.91 Å². The van der Waals surface area contributed by atoms with Crippen LogP contribution in [-0.4, -0.2) is 32.2 Å². The van der Waals surface area contributed by atoms with Crippen LogP contribution < -0.4 is 20.5 Å². The van der Waals surface area contributed by atoms with Crippen molar-refractivity contribution in [2.45, 2.75) is 25.8 Å². The van der Waals surface area contributed by atoms with E-state index in [1.807, 2.05) is 18.2 Å². The van der Waals surface area contributed by atoms with E-state index in [1.165, 1.54) is 0 Å². The van der Waals surface area contributed by atoms with Crippen molar-refractivity contribution in [2.75, 3.05) is 20.8 Å². The summed E-state index contributed by atoms with van der Waals surface area (Å²) in [6.07, 6.45) is 0.923. The van der Waals surface area contributed by atoms with Crippen molar-refractivity contribution in [2.24, 2.45) is 5.73 Å². The highest BCUT2D eigenvalue weighted by atomic mass is 16.5. The summed E-state index contributed by atoms with van der Waals surface area (Å²) in [7, 11) is 3.26. The summed E-state index contributed by atoms with van der Waals surface area (Å²) in [5.74, 6) is 0.795. The number of amides is 1. The first-order chi connectivity index (χ1) is 8.96. The summed E-state index contributed by atoms with van der Waals surface area (Å²) in [6.45, 7) is 3.91. The molecule has 0 saturated carbocycles. The largest absolute Gasteiger partial charge is 0.493 e. The zero-order valence-corrected chi connectivity index (χ0v) is 11.9. The molecule has 0 bridgehead atoms. The first kappa shape index (κ1) is 15.3. The highest BCUT2D eigenvalue weighted by molar-refractivity contribution is 5.84. The molecule has 1 atom stereocenters. The number of benzene rings is 1. The van der Waals surface area contributed by atoms with Gasteiger partial charge in [0, 0.05) is 0 Å². The van der Waals surface area contributed by atoms with Gasteiger partial charge in [0.05, 0.1) is 7.11 Å². The maximum absolute atomic E-state index is 11.4. The van der Waals surface area contributed by atoms with Gasteiger partial charge in [0.15, 0.2) is 11.5 Å². The minimum absolute atomic E-state index is 0.140. The number of ether oxygens (including phenoxy) is 2. The second-order valence-electron chi connectivity index (χ2n) is 4.57. The average molecular weight is 266 g/mol. The SMILES string of the molecule is CCc1ccc(OCC(C)(NC)C(N)=O)c(OC)c1. The molecule has 106 valence electrons. The van der Waals surface area contributed by atoms with Gasteiger partial charge in [-0.3, -0.25) is 4.79 Å². The van der Waals surface area contributed by atoms with Gasteiger partial charge in [0.25, 0.3) is 0 Å². The lowest BCUT2D eigenvalue weighted by Gasteiger charge is -2.25. The summed E-state index contributed by atoms with van der Waals surface area (Å²) >= 11 is 0. The second-order valence-corrected chi connectivity index (χ2v) is 4.57. The number of rotatable bonds is 7. The van der Waals surface area contributed by atoms with Crippen LogP contribution >= 0.6 is 0 Å². The first-order valence-electron chi connectivity index (χ1n) is 6.25. The summed E-state index contributed by atoms with van der Waals surface area (Å²) in [4.78, 5) is 11.4. The lowest BCUT2D eigenvalue weighted by atomic mass is 10.0. The van der Waals surface area contributed by atoms with Crippen molar-refractivity contribution in [1.82, 2.24) is 5.32 Å². The Hall–Kier alpha value is -1.75. The molecule has 0 saturated heterocycles. The molecule has 0 aliphatic rings. The van der Waals surface area contributed by atoms with Crippen molar-refractivity contribution >= 4 is 5.91 Å². The number of aryl methyl sites for hydroxylation is 1. The maximum Gasteiger partial charge on any atom is 0.240 e. The first-order valence-corrected chi connectivity index (χ1v) is 6.25. The predicted molar refractivity (Wildman–Crippen MR) is 74.5 cm³/mol. The summed E-state index contributed by atoms with van der Waals surface area (Å²) in [6, 6.07) is 5.74. The number of hydrogen-bond donors (Lipinski definition) is 2. The Morgan fingerprint density at radius 2 is 2.11 bits per heavy atom. The fourth-order valence-corrected chi connectivity index (χ4v) is 1.54. The highest BCUT2D eigenvalue weighted by Crippen LogP contribution is 2.28. The Morgan fingerprint density at radius 1 is 1.42 bits per heavy atom. The van der Waals surface area contributed by atoms with E-state index in [-0.39, 0.29) is 6.61 Å². The average Bonchev–Trinajstić information content (AvgIpc) is 2.44. The fourth-order valence-electron chi connectivity index (χ4n) is 1.54. The van der Waals surface area contributed by atoms with E-state index in [1.54, 1.807) is 21.1 Å². The van der Waals surface area contributed by atoms with E-state index in [9.17, 15) is 4.79 Å². The van der Waals surface area contributed by atoms with E-state index in [0.29, 0.717) is 11.5 Å². The number of carbonyl (C=O) groups is 1. The number of hydrogen-bond acceptors (Lipinski definition) is 4. The van der Waals surface area contributed by atoms with Crippen molar-refractivity contribution in [3.8, 4) is 11.5 Å². The lowest BCUT2D eigenvalue weighted by molar-refractivity contribution is -0.124. The van der Waals surface area contributed by atoms with Gasteiger partial charge in [0.1, 0.15) is 12.1 Å². The zero-order chi connectivity index (χ0) is 14.5. The Balaban J connectivity index is 2.85. The third-order valence-corrected chi connectivity index (χ3v) is 3.25. The van der Waals surface area contributed by atoms with Crippen molar-refractivity contribution in [3.05, 3.63) is 23.8 Å². The molecule has 19 heavy (non-hydrogen) atoms. The van der Waals surface area contributed by atoms with E-state index < -0.39 is 11.4 Å². The molecule has 3 N–H and O–H groups in total. The minimum Gasteiger partial charge on any atom is -0.493 e. The maximum atomic E-state index is 11.4. The van der Waals surface area contributed by atoms with Crippen LogP contribution in [0.1, 0.15) is 19.4 Å². The number of nitrogens with two attached hydrogens (primary N) is 1. The van der Waals surface area contributed by atoms with E-state index in [2.05, 4.69) is 12.2 Å². The topological polar surface area (TPSA) is 73.6 Å². The molecule has 5 nitrogen and oxygen atoms in total. The molecule has 1 aromatic carbocycles. The van der Waals surface area contributed by atoms with E-state index >= 15 is 0 Å². The molecule has 0 spiro atoms. The molecule has 1 amide bonds. The molecule has 1 aromatic rings. The summed E-state index contributed by atoms with van der Waals surface area (Å²) < 4.78 is 10.9. The Labute approximate surface area is 114 Å². The number of nitrogens with one attached hydrogen (secondary N) is 1. The van der Waals surface area contributed by atoms with Gasteiger partial charge in [-0.2, -0.15) is 0 Å². The van der Waals surface area contributed by atoms with Crippen LogP contribution in [0.25, 0.3) is 0 Å². The van der Waals surface area contributed by atoms with Crippen molar-refractivity contribution in [3.63, 3.8) is 0 Å². The normalized spacial score (nSPS) is 13.7. The zero-order valence-electron chi connectivity index (χ0n) is 11.9. The van der Waals surface area contributed by atoms with Gasteiger partial charge < -0.3 is 20.5 Å². The minimum atomic E-state index is -0.908. The molecule has 0 aliphatic heterocycles. The Kier molecular flexibility index (Phi) is 5.18. The second kappa shape index (κ2) is 6.43. The van der Waals surface area contributed by atoms with Crippen LogP contribution in [-0.2, 0) is 11.2 Å². The van der Waals surface area contributed by atoms with Crippen LogP contribution in [0.3, 0.4) is 0 Å². The molecule has 1 rings (SSSR count). The molecule has 0 fully saturated rings. The van der Waals surface area contributed by atoms with Crippen LogP contribution in [0.2, 0.25) is 0 Å². The summed E-state index contributed by atoms with van der Waals surface area (Å²) in [5, 5.41) is 2.87. The van der Waals surface area contributed by atoms with Crippen LogP contribution in [0.15, 0.2) is 18.2 Å². The van der Waals surface area contributed by atoms with Crippen molar-refractivity contribution < 1.29 is 14.3 Å². The van der Waals surface area contributed by atoms with Crippen LogP contribution in [0.5, 0.6) is 11.5 Å². The molecule has 0 heterocycles. The Morgan fingerprint density at radius 3 is 2.58 bits per heavy atom. The predicted octanol–water partition coefficient (Wildman–Crippen LogP) is 1.10. The number of primary amides is 1. The van der Waals surface area contributed by atoms with Gasteiger partial charge in [-0.15, -0.1) is 0 Å². The fraction of sp³-hybridized carbons (Fsp3) is 0.500. The molecular formula is C14H22N2O3. The van der Waals surface area contributed by atoms with Gasteiger partial charge in [-0.25, -0.2) is 0 Å². The Bertz CT molecular complexity index is 448. The number of carbonyl (C=O) groups excluding carboxylic acids is 1. The molecule has 0 radical (unpaired) electrons. The summed E-state index contributed by atoms with van der Waals surface area (Å²) in [5.41, 5.74) is 5.60. The number of likely N-dealkylation sites (N-methyl/N-ethyl adjacent to an activating group) is 1. The van der Waals surface area contributed by atoms with E-state index in [4.69, 9.17) is 15.2 Å². The number of methoxy groups -OCH3 is 1. The smallest absolute Gasteiger partial charge is 0.240 e. The van der Waals surface area contributed by atoms with E-state index in [0.717, 1.165) is 12.0 Å². The lowest BCUT2D eigenvalue weighted by Crippen LogP contribution is -2.55. The van der Waals surface area contributed by atoms with Crippen LogP contribution in [0, 0.1) is 0 Å². The van der Waals surface area contributed by atoms with Crippen molar-refractivity contribution in [1.29, 1.82) is 0 Å². The molecule has 0 aliphatic carbocycles. The monoisotopic (exact) mass is 266 g/mol. The van der Waals surface area contributed by atoms with Gasteiger partial charge in [-0.1, -0.05) is 13.0 Å². The quantitative estimate of drug-likeness (QED) is 0.775. The third-order valence-electron chi connectivity index (χ3n) is 3.25. The molecule has 0 aromatic heterocycles. The van der Waals surface area contributed by atoms with Gasteiger partial charge in [-0.05, 0) is 38.1 Å². The molecule has 1 unspecified atom stereocenters. The molecule has 5 heteroatoms. The standard InChI is InChI=1S/C14H22N2O3/c1-5-10-6-7-11(12(8-10)18-4)19-9-14(2,16-3)13(15)17/h6-8,16H,5,9H2,1-4H3,(H2,15,17). The molecular weight excluding hydrogens is 244 g/mol. The van der Waals surface area contributed by atoms with Gasteiger partial charge >= 0.3 is 0 Å².